The van der Waals surface area contributed by atoms with Crippen molar-refractivity contribution in [2.45, 2.75) is 18.8 Å². The van der Waals surface area contributed by atoms with Crippen LogP contribution in [-0.4, -0.2) is 50.3 Å². The molecule has 1 aliphatic rings. The van der Waals surface area contributed by atoms with E-state index in [9.17, 15) is 9.18 Å². The molecule has 0 aliphatic carbocycles. The van der Waals surface area contributed by atoms with Crippen LogP contribution in [0.1, 0.15) is 24.5 Å². The van der Waals surface area contributed by atoms with Gasteiger partial charge in [-0.15, -0.1) is 0 Å². The van der Waals surface area contributed by atoms with E-state index < -0.39 is 5.82 Å². The average molecular weight is 369 g/mol. The number of carbonyl (C=O) groups is 1. The number of ether oxygens (including phenoxy) is 1. The summed E-state index contributed by atoms with van der Waals surface area (Å²) < 4.78 is 20.7. The molecule has 1 fully saturated rings. The van der Waals surface area contributed by atoms with Gasteiger partial charge in [0.25, 0.3) is 5.91 Å². The minimum absolute atomic E-state index is 0.0883. The van der Waals surface area contributed by atoms with Gasteiger partial charge in [-0.1, -0.05) is 12.1 Å². The van der Waals surface area contributed by atoms with Gasteiger partial charge in [0, 0.05) is 38.4 Å². The van der Waals surface area contributed by atoms with Gasteiger partial charge >= 0.3 is 0 Å². The highest BCUT2D eigenvalue weighted by atomic mass is 19.1. The first-order chi connectivity index (χ1) is 13.1. The highest BCUT2D eigenvalue weighted by Gasteiger charge is 2.29. The number of rotatable bonds is 4. The molecule has 1 amide bonds. The lowest BCUT2D eigenvalue weighted by molar-refractivity contribution is -0.134. The van der Waals surface area contributed by atoms with Crippen LogP contribution >= 0.6 is 0 Å². The third kappa shape index (κ3) is 3.47. The Morgan fingerprint density at radius 2 is 2.11 bits per heavy atom. The van der Waals surface area contributed by atoms with Crippen LogP contribution in [0.5, 0.6) is 5.75 Å². The molecule has 1 saturated heterocycles. The van der Waals surface area contributed by atoms with Gasteiger partial charge in [-0.25, -0.2) is 19.0 Å². The van der Waals surface area contributed by atoms with E-state index in [1.807, 2.05) is 7.05 Å². The highest BCUT2D eigenvalue weighted by molar-refractivity contribution is 5.78. The largest absolute Gasteiger partial charge is 0.481 e. The molecule has 2 aromatic heterocycles. The van der Waals surface area contributed by atoms with Crippen molar-refractivity contribution in [1.82, 2.24) is 24.6 Å². The molecular formula is C19H20FN5O2. The standard InChI is InChI=1S/C19H20FN5O2/c1-24-19-18(21-8-9-22-19)17(23-24)13-5-4-10-25(11-13)16(26)12-27-15-7-3-2-6-14(15)20/h2-3,6-9,13H,4-5,10-12H2,1H3/t13-/m1/s1. The summed E-state index contributed by atoms with van der Waals surface area (Å²) in [5.41, 5.74) is 2.38. The van der Waals surface area contributed by atoms with Crippen molar-refractivity contribution >= 4 is 17.1 Å². The van der Waals surface area contributed by atoms with Crippen LogP contribution in [0.25, 0.3) is 11.2 Å². The molecule has 1 aliphatic heterocycles. The second kappa shape index (κ2) is 7.30. The number of halogens is 1. The van der Waals surface area contributed by atoms with E-state index in [0.29, 0.717) is 13.1 Å². The smallest absolute Gasteiger partial charge is 0.260 e. The number of amides is 1. The average Bonchev–Trinajstić information content (AvgIpc) is 3.04. The Labute approximate surface area is 155 Å². The topological polar surface area (TPSA) is 73.1 Å². The zero-order valence-corrected chi connectivity index (χ0v) is 15.0. The molecule has 4 rings (SSSR count). The van der Waals surface area contributed by atoms with Gasteiger partial charge < -0.3 is 9.64 Å². The molecule has 0 N–H and O–H groups in total. The molecule has 3 aromatic rings. The molecule has 27 heavy (non-hydrogen) atoms. The van der Waals surface area contributed by atoms with E-state index in [4.69, 9.17) is 4.74 Å². The SMILES string of the molecule is Cn1nc([C@@H]2CCCN(C(=O)COc3ccccc3F)C2)c2nccnc21. The van der Waals surface area contributed by atoms with Gasteiger partial charge in [0.05, 0.1) is 5.69 Å². The maximum absolute atomic E-state index is 13.6. The zero-order valence-electron chi connectivity index (χ0n) is 15.0. The second-order valence-corrected chi connectivity index (χ2v) is 6.64. The van der Waals surface area contributed by atoms with E-state index in [1.54, 1.807) is 34.1 Å². The first kappa shape index (κ1) is 17.4. The number of nitrogens with zero attached hydrogens (tertiary/aromatic N) is 5. The number of hydrogen-bond acceptors (Lipinski definition) is 5. The molecule has 0 bridgehead atoms. The second-order valence-electron chi connectivity index (χ2n) is 6.64. The molecule has 0 radical (unpaired) electrons. The quantitative estimate of drug-likeness (QED) is 0.705. The van der Waals surface area contributed by atoms with E-state index in [2.05, 4.69) is 15.1 Å². The minimum Gasteiger partial charge on any atom is -0.481 e. The van der Waals surface area contributed by atoms with Gasteiger partial charge in [0.15, 0.2) is 23.8 Å². The Morgan fingerprint density at radius 1 is 1.30 bits per heavy atom. The number of aromatic nitrogens is 4. The van der Waals surface area contributed by atoms with Gasteiger partial charge in [-0.05, 0) is 25.0 Å². The maximum atomic E-state index is 13.6. The van der Waals surface area contributed by atoms with E-state index in [-0.39, 0.29) is 24.2 Å². The fourth-order valence-electron chi connectivity index (χ4n) is 3.50. The van der Waals surface area contributed by atoms with Crippen LogP contribution in [0.4, 0.5) is 4.39 Å². The lowest BCUT2D eigenvalue weighted by Crippen LogP contribution is -2.41. The Kier molecular flexibility index (Phi) is 4.70. The van der Waals surface area contributed by atoms with Crippen LogP contribution < -0.4 is 4.74 Å². The summed E-state index contributed by atoms with van der Waals surface area (Å²) in [6.07, 6.45) is 5.10. The number of piperidine rings is 1. The number of hydrogen-bond donors (Lipinski definition) is 0. The van der Waals surface area contributed by atoms with Crippen LogP contribution in [0.2, 0.25) is 0 Å². The molecule has 140 valence electrons. The molecule has 7 nitrogen and oxygen atoms in total. The molecule has 0 spiro atoms. The molecular weight excluding hydrogens is 349 g/mol. The molecule has 1 atom stereocenters. The maximum Gasteiger partial charge on any atom is 0.260 e. The molecule has 8 heteroatoms. The Bertz CT molecular complexity index is 974. The normalized spacial score (nSPS) is 17.3. The fraction of sp³-hybridized carbons (Fsp3) is 0.368. The molecule has 0 unspecified atom stereocenters. The summed E-state index contributed by atoms with van der Waals surface area (Å²) in [5, 5.41) is 4.59. The van der Waals surface area contributed by atoms with Crippen molar-refractivity contribution in [2.24, 2.45) is 7.05 Å². The summed E-state index contributed by atoms with van der Waals surface area (Å²) in [4.78, 5) is 23.0. The van der Waals surface area contributed by atoms with Crippen molar-refractivity contribution < 1.29 is 13.9 Å². The lowest BCUT2D eigenvalue weighted by atomic mass is 9.94. The molecule has 0 saturated carbocycles. The number of likely N-dealkylation sites (tertiary alicyclic amines) is 1. The Balaban J connectivity index is 1.46. The van der Waals surface area contributed by atoms with E-state index in [0.717, 1.165) is 29.7 Å². The molecule has 3 heterocycles. The Hall–Kier alpha value is -3.03. The summed E-state index contributed by atoms with van der Waals surface area (Å²) >= 11 is 0. The van der Waals surface area contributed by atoms with Crippen LogP contribution in [-0.2, 0) is 11.8 Å². The first-order valence-electron chi connectivity index (χ1n) is 8.92. The lowest BCUT2D eigenvalue weighted by Gasteiger charge is -2.32. The zero-order chi connectivity index (χ0) is 18.8. The van der Waals surface area contributed by atoms with Crippen LogP contribution in [0.15, 0.2) is 36.7 Å². The van der Waals surface area contributed by atoms with Crippen molar-refractivity contribution in [3.05, 3.63) is 48.2 Å². The van der Waals surface area contributed by atoms with Crippen LogP contribution in [0.3, 0.4) is 0 Å². The first-order valence-corrected chi connectivity index (χ1v) is 8.92. The van der Waals surface area contributed by atoms with Crippen LogP contribution in [0, 0.1) is 5.82 Å². The summed E-state index contributed by atoms with van der Waals surface area (Å²) in [6.45, 7) is 1.02. The van der Waals surface area contributed by atoms with Gasteiger partial charge in [-0.3, -0.25) is 4.79 Å². The predicted molar refractivity (Wildman–Crippen MR) is 96.8 cm³/mol. The van der Waals surface area contributed by atoms with Gasteiger partial charge in [0.1, 0.15) is 5.52 Å². The monoisotopic (exact) mass is 369 g/mol. The molecule has 1 aromatic carbocycles. The number of para-hydroxylation sites is 1. The van der Waals surface area contributed by atoms with E-state index in [1.165, 1.54) is 12.1 Å². The van der Waals surface area contributed by atoms with Crippen molar-refractivity contribution in [2.75, 3.05) is 19.7 Å². The van der Waals surface area contributed by atoms with Crippen molar-refractivity contribution in [3.63, 3.8) is 0 Å². The third-order valence-electron chi connectivity index (χ3n) is 4.83. The predicted octanol–water partition coefficient (Wildman–Crippen LogP) is 2.29. The van der Waals surface area contributed by atoms with Crippen molar-refractivity contribution in [1.29, 1.82) is 0 Å². The summed E-state index contributed by atoms with van der Waals surface area (Å²) in [5.74, 6) is -0.448. The summed E-state index contributed by atoms with van der Waals surface area (Å²) in [7, 11) is 1.84. The fourth-order valence-corrected chi connectivity index (χ4v) is 3.50. The number of carbonyl (C=O) groups excluding carboxylic acids is 1. The van der Waals surface area contributed by atoms with Crippen molar-refractivity contribution in [3.8, 4) is 5.75 Å². The third-order valence-corrected chi connectivity index (χ3v) is 4.83. The van der Waals surface area contributed by atoms with Gasteiger partial charge in [-0.2, -0.15) is 5.10 Å². The van der Waals surface area contributed by atoms with E-state index >= 15 is 0 Å². The summed E-state index contributed by atoms with van der Waals surface area (Å²) in [6, 6.07) is 6.08. The highest BCUT2D eigenvalue weighted by Crippen LogP contribution is 2.29. The number of aryl methyl sites for hydroxylation is 1. The minimum atomic E-state index is -0.472. The van der Waals surface area contributed by atoms with Gasteiger partial charge in [0.2, 0.25) is 0 Å². The number of fused-ring (bicyclic) bond motifs is 1. The Morgan fingerprint density at radius 3 is 2.96 bits per heavy atom. The number of benzene rings is 1.